The predicted octanol–water partition coefficient (Wildman–Crippen LogP) is 3.57. The summed E-state index contributed by atoms with van der Waals surface area (Å²) in [6, 6.07) is 0.369. The number of carbonyl (C=O) groups is 1. The summed E-state index contributed by atoms with van der Waals surface area (Å²) in [6.45, 7) is 10.4. The van der Waals surface area contributed by atoms with Gasteiger partial charge in [-0.25, -0.2) is 0 Å². The predicted molar refractivity (Wildman–Crippen MR) is 70.6 cm³/mol. The molecule has 0 saturated carbocycles. The van der Waals surface area contributed by atoms with E-state index in [0.717, 1.165) is 36.2 Å². The molecule has 0 amide bonds. The van der Waals surface area contributed by atoms with E-state index in [1.165, 1.54) is 0 Å². The molecule has 1 aromatic rings. The zero-order valence-electron chi connectivity index (χ0n) is 11.7. The molecule has 1 unspecified atom stereocenters. The number of aromatic nitrogens is 2. The first kappa shape index (κ1) is 13.9. The van der Waals surface area contributed by atoms with Crippen LogP contribution in [0, 0.1) is 0 Å². The summed E-state index contributed by atoms with van der Waals surface area (Å²) in [7, 11) is 0. The number of hydrogen-bond acceptors (Lipinski definition) is 2. The average molecular weight is 236 g/mol. The highest BCUT2D eigenvalue weighted by molar-refractivity contribution is 5.98. The van der Waals surface area contributed by atoms with Crippen molar-refractivity contribution >= 4 is 5.78 Å². The van der Waals surface area contributed by atoms with Crippen LogP contribution in [-0.4, -0.2) is 15.6 Å². The van der Waals surface area contributed by atoms with E-state index in [9.17, 15) is 4.79 Å². The van der Waals surface area contributed by atoms with Crippen LogP contribution in [0.4, 0.5) is 0 Å². The van der Waals surface area contributed by atoms with Crippen molar-refractivity contribution in [3.8, 4) is 0 Å². The van der Waals surface area contributed by atoms with Gasteiger partial charge in [-0.3, -0.25) is 9.48 Å². The third kappa shape index (κ3) is 2.59. The van der Waals surface area contributed by atoms with Crippen molar-refractivity contribution in [1.29, 1.82) is 0 Å². The highest BCUT2D eigenvalue weighted by Crippen LogP contribution is 2.22. The number of aryl methyl sites for hydroxylation is 1. The maximum atomic E-state index is 12.0. The van der Waals surface area contributed by atoms with E-state index in [4.69, 9.17) is 0 Å². The molecule has 0 aliphatic rings. The van der Waals surface area contributed by atoms with Crippen LogP contribution in [0.15, 0.2) is 0 Å². The van der Waals surface area contributed by atoms with Crippen molar-refractivity contribution < 1.29 is 4.79 Å². The summed E-state index contributed by atoms with van der Waals surface area (Å²) in [6.07, 6.45) is 3.31. The molecule has 1 rings (SSSR count). The number of ketones is 1. The molecular formula is C14H24N2O. The summed E-state index contributed by atoms with van der Waals surface area (Å²) in [5, 5.41) is 4.64. The van der Waals surface area contributed by atoms with Crippen LogP contribution in [0.1, 0.15) is 75.2 Å². The van der Waals surface area contributed by atoms with Crippen LogP contribution in [0.2, 0.25) is 0 Å². The minimum absolute atomic E-state index is 0.230. The molecule has 0 N–H and O–H groups in total. The van der Waals surface area contributed by atoms with Crippen molar-refractivity contribution in [1.82, 2.24) is 9.78 Å². The number of rotatable bonds is 6. The molecular weight excluding hydrogens is 212 g/mol. The Morgan fingerprint density at radius 1 is 1.24 bits per heavy atom. The van der Waals surface area contributed by atoms with Crippen molar-refractivity contribution in [3.05, 3.63) is 17.0 Å². The summed E-state index contributed by atoms with van der Waals surface area (Å²) >= 11 is 0. The largest absolute Gasteiger partial charge is 0.294 e. The average Bonchev–Trinajstić information content (AvgIpc) is 2.75. The molecule has 3 heteroatoms. The Labute approximate surface area is 104 Å². The summed E-state index contributed by atoms with van der Waals surface area (Å²) in [5.41, 5.74) is 2.97. The standard InChI is InChI=1S/C14H24N2O/c1-6-10(5)16-12(8-3)14(13(17)9-4)11(7-2)15-16/h10H,6-9H2,1-5H3. The molecule has 0 radical (unpaired) electrons. The molecule has 0 aliphatic heterocycles. The van der Waals surface area contributed by atoms with Gasteiger partial charge in [-0.15, -0.1) is 0 Å². The highest BCUT2D eigenvalue weighted by atomic mass is 16.1. The first-order chi connectivity index (χ1) is 8.10. The molecule has 0 aromatic carbocycles. The van der Waals surface area contributed by atoms with E-state index in [2.05, 4.69) is 37.5 Å². The summed E-state index contributed by atoms with van der Waals surface area (Å²) in [5.74, 6) is 0.230. The lowest BCUT2D eigenvalue weighted by Crippen LogP contribution is -2.11. The summed E-state index contributed by atoms with van der Waals surface area (Å²) in [4.78, 5) is 12.0. The molecule has 1 atom stereocenters. The van der Waals surface area contributed by atoms with Crippen molar-refractivity contribution in [3.63, 3.8) is 0 Å². The van der Waals surface area contributed by atoms with Gasteiger partial charge in [0.25, 0.3) is 0 Å². The Morgan fingerprint density at radius 3 is 2.29 bits per heavy atom. The van der Waals surface area contributed by atoms with Crippen LogP contribution in [0.3, 0.4) is 0 Å². The van der Waals surface area contributed by atoms with Gasteiger partial charge in [0.15, 0.2) is 5.78 Å². The molecule has 0 fully saturated rings. The van der Waals surface area contributed by atoms with E-state index >= 15 is 0 Å². The van der Waals surface area contributed by atoms with E-state index < -0.39 is 0 Å². The van der Waals surface area contributed by atoms with Gasteiger partial charge in [0.05, 0.1) is 11.3 Å². The Kier molecular flexibility index (Phi) is 4.91. The fraction of sp³-hybridized carbons (Fsp3) is 0.714. The first-order valence-corrected chi connectivity index (χ1v) is 6.73. The van der Waals surface area contributed by atoms with Crippen LogP contribution in [0.25, 0.3) is 0 Å². The molecule has 1 aromatic heterocycles. The maximum Gasteiger partial charge on any atom is 0.166 e. The Morgan fingerprint density at radius 2 is 1.88 bits per heavy atom. The minimum Gasteiger partial charge on any atom is -0.294 e. The van der Waals surface area contributed by atoms with E-state index in [1.807, 2.05) is 6.92 Å². The first-order valence-electron chi connectivity index (χ1n) is 6.73. The number of carbonyl (C=O) groups excluding carboxylic acids is 1. The van der Waals surface area contributed by atoms with Crippen LogP contribution >= 0.6 is 0 Å². The van der Waals surface area contributed by atoms with Crippen molar-refractivity contribution in [2.45, 2.75) is 66.3 Å². The molecule has 96 valence electrons. The Balaban J connectivity index is 3.35. The Bertz CT molecular complexity index is 393. The molecule has 3 nitrogen and oxygen atoms in total. The monoisotopic (exact) mass is 236 g/mol. The van der Waals surface area contributed by atoms with Gasteiger partial charge in [0.1, 0.15) is 0 Å². The third-order valence-corrected chi connectivity index (χ3v) is 3.36. The van der Waals surface area contributed by atoms with Crippen LogP contribution in [-0.2, 0) is 12.8 Å². The molecule has 0 bridgehead atoms. The van der Waals surface area contributed by atoms with Crippen LogP contribution < -0.4 is 0 Å². The minimum atomic E-state index is 0.230. The molecule has 0 spiro atoms. The third-order valence-electron chi connectivity index (χ3n) is 3.36. The number of Topliss-reactive ketones (excluding diaryl/α,β-unsaturated/α-hetero) is 1. The second-order valence-electron chi connectivity index (χ2n) is 4.45. The fourth-order valence-electron chi connectivity index (χ4n) is 2.14. The second-order valence-corrected chi connectivity index (χ2v) is 4.45. The maximum absolute atomic E-state index is 12.0. The lowest BCUT2D eigenvalue weighted by molar-refractivity contribution is 0.0986. The van der Waals surface area contributed by atoms with Gasteiger partial charge >= 0.3 is 0 Å². The van der Waals surface area contributed by atoms with Gasteiger partial charge in [0, 0.05) is 18.2 Å². The summed E-state index contributed by atoms with van der Waals surface area (Å²) < 4.78 is 2.06. The van der Waals surface area contributed by atoms with Gasteiger partial charge in [-0.2, -0.15) is 5.10 Å². The fourth-order valence-corrected chi connectivity index (χ4v) is 2.14. The van der Waals surface area contributed by atoms with Gasteiger partial charge < -0.3 is 0 Å². The van der Waals surface area contributed by atoms with Gasteiger partial charge in [-0.05, 0) is 26.2 Å². The SMILES string of the molecule is CCC(=O)c1c(CC)nn(C(C)CC)c1CC. The van der Waals surface area contributed by atoms with Crippen LogP contribution in [0.5, 0.6) is 0 Å². The van der Waals surface area contributed by atoms with Gasteiger partial charge in [-0.1, -0.05) is 27.7 Å². The molecule has 0 saturated heterocycles. The second kappa shape index (κ2) is 5.99. The smallest absolute Gasteiger partial charge is 0.166 e. The Hall–Kier alpha value is -1.12. The topological polar surface area (TPSA) is 34.9 Å². The van der Waals surface area contributed by atoms with Crippen molar-refractivity contribution in [2.24, 2.45) is 0 Å². The van der Waals surface area contributed by atoms with E-state index in [1.54, 1.807) is 0 Å². The zero-order chi connectivity index (χ0) is 13.0. The quantitative estimate of drug-likeness (QED) is 0.708. The van der Waals surface area contributed by atoms with E-state index in [-0.39, 0.29) is 5.78 Å². The molecule has 0 aliphatic carbocycles. The molecule has 1 heterocycles. The number of nitrogens with zero attached hydrogens (tertiary/aromatic N) is 2. The highest BCUT2D eigenvalue weighted by Gasteiger charge is 2.22. The van der Waals surface area contributed by atoms with Gasteiger partial charge in [0.2, 0.25) is 0 Å². The zero-order valence-corrected chi connectivity index (χ0v) is 11.7. The number of hydrogen-bond donors (Lipinski definition) is 0. The molecule has 17 heavy (non-hydrogen) atoms. The lowest BCUT2D eigenvalue weighted by atomic mass is 10.0. The normalized spacial score (nSPS) is 12.8. The van der Waals surface area contributed by atoms with E-state index in [0.29, 0.717) is 12.5 Å². The lowest BCUT2D eigenvalue weighted by Gasteiger charge is -2.13. The van der Waals surface area contributed by atoms with Crippen molar-refractivity contribution in [2.75, 3.05) is 0 Å².